The summed E-state index contributed by atoms with van der Waals surface area (Å²) in [4.78, 5) is 16.4. The molecule has 1 fully saturated rings. The summed E-state index contributed by atoms with van der Waals surface area (Å²) in [6.45, 7) is 0. The Labute approximate surface area is 150 Å². The van der Waals surface area contributed by atoms with Gasteiger partial charge in [0.25, 0.3) is 0 Å². The van der Waals surface area contributed by atoms with E-state index in [1.165, 1.54) is 17.3 Å². The average molecular weight is 417 g/mol. The third kappa shape index (κ3) is 4.20. The number of hydrogen-bond donors (Lipinski definition) is 1. The number of nitrogens with zero attached hydrogens (tertiary/aromatic N) is 3. The third-order valence-corrected chi connectivity index (χ3v) is 4.88. The molecule has 0 radical (unpaired) electrons. The van der Waals surface area contributed by atoms with E-state index in [0.29, 0.717) is 24.2 Å². The second-order valence-corrected chi connectivity index (χ2v) is 7.01. The average Bonchev–Trinajstić information content (AvgIpc) is 3.08. The molecule has 1 heterocycles. The van der Waals surface area contributed by atoms with Gasteiger partial charge in [0.05, 0.1) is 17.3 Å². The van der Waals surface area contributed by atoms with E-state index < -0.39 is 23.9 Å². The van der Waals surface area contributed by atoms with Crippen LogP contribution in [0.3, 0.4) is 0 Å². The van der Waals surface area contributed by atoms with Crippen LogP contribution >= 0.6 is 15.9 Å². The number of amides is 1. The Morgan fingerprint density at radius 1 is 1.32 bits per heavy atom. The predicted octanol–water partition coefficient (Wildman–Crippen LogP) is 4.34. The van der Waals surface area contributed by atoms with Crippen molar-refractivity contribution in [1.82, 2.24) is 14.8 Å². The third-order valence-electron chi connectivity index (χ3n) is 4.39. The number of carbonyl (C=O) groups is 1. The van der Waals surface area contributed by atoms with Gasteiger partial charge in [-0.2, -0.15) is 18.3 Å². The van der Waals surface area contributed by atoms with E-state index in [9.17, 15) is 18.0 Å². The number of carbonyl (C=O) groups excluding carboxylic acids is 1. The summed E-state index contributed by atoms with van der Waals surface area (Å²) in [7, 11) is 0. The first-order valence-electron chi connectivity index (χ1n) is 7.86. The summed E-state index contributed by atoms with van der Waals surface area (Å²) in [5, 5.41) is 6.79. The Hall–Kier alpha value is -1.90. The fraction of sp³-hybridized carbons (Fsp3) is 0.438. The molecular weight excluding hydrogens is 401 g/mol. The Balaban J connectivity index is 1.78. The molecule has 0 saturated heterocycles. The molecule has 1 aromatic heterocycles. The van der Waals surface area contributed by atoms with Crippen LogP contribution in [0.5, 0.6) is 0 Å². The van der Waals surface area contributed by atoms with Crippen LogP contribution in [0.1, 0.15) is 25.7 Å². The number of rotatable bonds is 3. The maximum absolute atomic E-state index is 13.0. The highest BCUT2D eigenvalue weighted by Gasteiger charge is 2.43. The topological polar surface area (TPSA) is 59.8 Å². The van der Waals surface area contributed by atoms with Crippen molar-refractivity contribution in [3.8, 4) is 5.69 Å². The molecule has 2 atom stereocenters. The van der Waals surface area contributed by atoms with Crippen molar-refractivity contribution in [3.05, 3.63) is 35.3 Å². The van der Waals surface area contributed by atoms with Gasteiger partial charge in [-0.1, -0.05) is 22.4 Å². The maximum Gasteiger partial charge on any atom is 0.391 e. The first kappa shape index (κ1) is 17.9. The van der Waals surface area contributed by atoms with Crippen molar-refractivity contribution >= 4 is 27.5 Å². The van der Waals surface area contributed by atoms with Crippen molar-refractivity contribution < 1.29 is 18.0 Å². The molecule has 1 amide bonds. The Bertz CT molecular complexity index is 748. The van der Waals surface area contributed by atoms with Gasteiger partial charge in [0.2, 0.25) is 5.91 Å². The molecule has 0 bridgehead atoms. The van der Waals surface area contributed by atoms with Crippen LogP contribution in [0.2, 0.25) is 0 Å². The number of benzene rings is 1. The van der Waals surface area contributed by atoms with Crippen LogP contribution in [-0.4, -0.2) is 26.8 Å². The van der Waals surface area contributed by atoms with Crippen LogP contribution in [0, 0.1) is 11.8 Å². The van der Waals surface area contributed by atoms with Gasteiger partial charge in [-0.25, -0.2) is 9.67 Å². The van der Waals surface area contributed by atoms with Crippen LogP contribution in [0.15, 0.2) is 35.3 Å². The van der Waals surface area contributed by atoms with Gasteiger partial charge < -0.3 is 5.32 Å². The van der Waals surface area contributed by atoms with E-state index in [1.54, 1.807) is 18.2 Å². The maximum atomic E-state index is 13.0. The molecule has 9 heteroatoms. The van der Waals surface area contributed by atoms with E-state index in [-0.39, 0.29) is 12.8 Å². The lowest BCUT2D eigenvalue weighted by molar-refractivity contribution is -0.185. The Kier molecular flexibility index (Phi) is 5.12. The first-order valence-corrected chi connectivity index (χ1v) is 8.66. The van der Waals surface area contributed by atoms with Crippen molar-refractivity contribution in [2.45, 2.75) is 31.9 Å². The molecule has 2 unspecified atom stereocenters. The molecular formula is C16H16BrF3N4O. The predicted molar refractivity (Wildman–Crippen MR) is 89.2 cm³/mol. The van der Waals surface area contributed by atoms with Gasteiger partial charge in [-0.3, -0.25) is 4.79 Å². The van der Waals surface area contributed by atoms with E-state index in [4.69, 9.17) is 0 Å². The second-order valence-electron chi connectivity index (χ2n) is 6.09. The number of nitrogens with one attached hydrogen (secondary N) is 1. The standard InChI is InChI=1S/C16H16BrF3N4O/c17-12-4-5-14(24-9-21-8-22-24)13(7-12)23-15(25)10-2-1-3-11(6-10)16(18,19)20/h4-5,7-11H,1-3,6H2,(H,23,25). The van der Waals surface area contributed by atoms with E-state index >= 15 is 0 Å². The molecule has 5 nitrogen and oxygen atoms in total. The number of anilines is 1. The zero-order valence-corrected chi connectivity index (χ0v) is 14.7. The summed E-state index contributed by atoms with van der Waals surface area (Å²) in [5.74, 6) is -2.45. The highest BCUT2D eigenvalue weighted by Crippen LogP contribution is 2.40. The summed E-state index contributed by atoms with van der Waals surface area (Å²) in [6, 6.07) is 5.22. The second kappa shape index (κ2) is 7.15. The van der Waals surface area contributed by atoms with E-state index in [2.05, 4.69) is 31.3 Å². The van der Waals surface area contributed by atoms with Crippen molar-refractivity contribution in [1.29, 1.82) is 0 Å². The molecule has 2 aromatic rings. The van der Waals surface area contributed by atoms with Gasteiger partial charge in [0.15, 0.2) is 0 Å². The van der Waals surface area contributed by atoms with Gasteiger partial charge in [-0.05, 0) is 37.5 Å². The van der Waals surface area contributed by atoms with Crippen molar-refractivity contribution in [2.24, 2.45) is 11.8 Å². The summed E-state index contributed by atoms with van der Waals surface area (Å²) in [5.41, 5.74) is 1.07. The fourth-order valence-electron chi connectivity index (χ4n) is 3.10. The summed E-state index contributed by atoms with van der Waals surface area (Å²) >= 11 is 3.34. The van der Waals surface area contributed by atoms with Crippen LogP contribution in [0.25, 0.3) is 5.69 Å². The van der Waals surface area contributed by atoms with Gasteiger partial charge in [0.1, 0.15) is 12.7 Å². The monoisotopic (exact) mass is 416 g/mol. The number of hydrogen-bond acceptors (Lipinski definition) is 3. The van der Waals surface area contributed by atoms with Crippen molar-refractivity contribution in [3.63, 3.8) is 0 Å². The Morgan fingerprint density at radius 3 is 2.80 bits per heavy atom. The molecule has 3 rings (SSSR count). The molecule has 0 aliphatic heterocycles. The highest BCUT2D eigenvalue weighted by molar-refractivity contribution is 9.10. The minimum Gasteiger partial charge on any atom is -0.324 e. The summed E-state index contributed by atoms with van der Waals surface area (Å²) < 4.78 is 41.1. The zero-order chi connectivity index (χ0) is 18.0. The van der Waals surface area contributed by atoms with Crippen LogP contribution in [0.4, 0.5) is 18.9 Å². The van der Waals surface area contributed by atoms with Crippen LogP contribution in [-0.2, 0) is 4.79 Å². The normalized spacial score (nSPS) is 21.1. The number of alkyl halides is 3. The zero-order valence-electron chi connectivity index (χ0n) is 13.1. The minimum atomic E-state index is -4.25. The molecule has 1 aliphatic carbocycles. The van der Waals surface area contributed by atoms with Gasteiger partial charge >= 0.3 is 6.18 Å². The molecule has 0 spiro atoms. The molecule has 1 N–H and O–H groups in total. The lowest BCUT2D eigenvalue weighted by Gasteiger charge is -2.29. The van der Waals surface area contributed by atoms with E-state index in [0.717, 1.165) is 4.47 Å². The molecule has 1 aromatic carbocycles. The van der Waals surface area contributed by atoms with Gasteiger partial charge in [-0.15, -0.1) is 0 Å². The molecule has 1 saturated carbocycles. The quantitative estimate of drug-likeness (QED) is 0.809. The van der Waals surface area contributed by atoms with Crippen molar-refractivity contribution in [2.75, 3.05) is 5.32 Å². The number of halogens is 4. The van der Waals surface area contributed by atoms with Gasteiger partial charge in [0, 0.05) is 10.4 Å². The molecule has 134 valence electrons. The first-order chi connectivity index (χ1) is 11.8. The lowest BCUT2D eigenvalue weighted by atomic mass is 9.80. The van der Waals surface area contributed by atoms with Crippen LogP contribution < -0.4 is 5.32 Å². The summed E-state index contributed by atoms with van der Waals surface area (Å²) in [6.07, 6.45) is -0.610. The highest BCUT2D eigenvalue weighted by atomic mass is 79.9. The lowest BCUT2D eigenvalue weighted by Crippen LogP contribution is -2.34. The molecule has 25 heavy (non-hydrogen) atoms. The molecule has 1 aliphatic rings. The SMILES string of the molecule is O=C(Nc1cc(Br)ccc1-n1cncn1)C1CCCC(C(F)(F)F)C1. The van der Waals surface area contributed by atoms with E-state index in [1.807, 2.05) is 0 Å². The Morgan fingerprint density at radius 2 is 2.12 bits per heavy atom. The number of aromatic nitrogens is 3. The fourth-order valence-corrected chi connectivity index (χ4v) is 3.46. The minimum absolute atomic E-state index is 0.0916. The largest absolute Gasteiger partial charge is 0.391 e. The smallest absolute Gasteiger partial charge is 0.324 e.